The number of hydrogen-bond acceptors (Lipinski definition) is 5. The molecule has 3 aromatic rings. The van der Waals surface area contributed by atoms with Crippen molar-refractivity contribution in [2.24, 2.45) is 0 Å². The van der Waals surface area contributed by atoms with E-state index in [0.717, 1.165) is 26.2 Å². The zero-order valence-electron chi connectivity index (χ0n) is 13.2. The molecule has 0 unspecified atom stereocenters. The van der Waals surface area contributed by atoms with E-state index in [4.69, 9.17) is 0 Å². The van der Waals surface area contributed by atoms with Gasteiger partial charge < -0.3 is 0 Å². The van der Waals surface area contributed by atoms with Crippen LogP contribution in [0, 0.1) is 20.8 Å². The Hall–Kier alpha value is -1.92. The molecule has 118 valence electrons. The summed E-state index contributed by atoms with van der Waals surface area (Å²) in [4.78, 5) is 14.2. The number of benzene rings is 1. The Morgan fingerprint density at radius 2 is 2.04 bits per heavy atom. The van der Waals surface area contributed by atoms with E-state index < -0.39 is 0 Å². The van der Waals surface area contributed by atoms with E-state index in [-0.39, 0.29) is 5.78 Å². The molecule has 23 heavy (non-hydrogen) atoms. The van der Waals surface area contributed by atoms with E-state index in [1.54, 1.807) is 6.33 Å². The highest BCUT2D eigenvalue weighted by Crippen LogP contribution is 2.24. The number of hydrogen-bond donors (Lipinski definition) is 0. The summed E-state index contributed by atoms with van der Waals surface area (Å²) in [7, 11) is 0. The van der Waals surface area contributed by atoms with Gasteiger partial charge in [-0.1, -0.05) is 29.5 Å². The highest BCUT2D eigenvalue weighted by atomic mass is 32.2. The van der Waals surface area contributed by atoms with Gasteiger partial charge in [0.15, 0.2) is 10.9 Å². The molecule has 0 saturated heterocycles. The number of nitrogens with zero attached hydrogens (tertiary/aromatic N) is 3. The summed E-state index contributed by atoms with van der Waals surface area (Å²) in [6.45, 7) is 6.14. The van der Waals surface area contributed by atoms with Crippen LogP contribution in [-0.4, -0.2) is 26.3 Å². The molecule has 4 nitrogen and oxygen atoms in total. The lowest BCUT2D eigenvalue weighted by molar-refractivity contribution is 0.102. The van der Waals surface area contributed by atoms with Crippen LogP contribution in [0.4, 0.5) is 0 Å². The number of aromatic nitrogens is 3. The number of carbonyl (C=O) groups is 1. The van der Waals surface area contributed by atoms with Crippen molar-refractivity contribution in [1.82, 2.24) is 14.8 Å². The van der Waals surface area contributed by atoms with Crippen LogP contribution >= 0.6 is 23.1 Å². The minimum absolute atomic E-state index is 0.128. The van der Waals surface area contributed by atoms with Gasteiger partial charge in [0.05, 0.1) is 16.3 Å². The molecule has 2 heterocycles. The van der Waals surface area contributed by atoms with Gasteiger partial charge in [-0.15, -0.1) is 21.5 Å². The molecule has 0 fully saturated rings. The molecule has 3 rings (SSSR count). The molecule has 0 spiro atoms. The standard InChI is InChI=1S/C17H17N3OS2/c1-11-4-6-14(12(2)8-11)20-10-18-19-17(20)22-9-15(21)16-7-5-13(3)23-16/h4-8,10H,9H2,1-3H3. The third kappa shape index (κ3) is 3.54. The molecule has 2 aromatic heterocycles. The molecular weight excluding hydrogens is 326 g/mol. The molecule has 0 bridgehead atoms. The average molecular weight is 343 g/mol. The van der Waals surface area contributed by atoms with E-state index in [1.807, 2.05) is 23.6 Å². The fourth-order valence-electron chi connectivity index (χ4n) is 2.35. The molecule has 0 radical (unpaired) electrons. The Bertz CT molecular complexity index is 851. The van der Waals surface area contributed by atoms with Gasteiger partial charge in [-0.05, 0) is 44.5 Å². The molecule has 6 heteroatoms. The first-order chi connectivity index (χ1) is 11.0. The van der Waals surface area contributed by atoms with Crippen LogP contribution in [0.5, 0.6) is 0 Å². The lowest BCUT2D eigenvalue weighted by atomic mass is 10.1. The summed E-state index contributed by atoms with van der Waals surface area (Å²) < 4.78 is 1.94. The predicted molar refractivity (Wildman–Crippen MR) is 94.9 cm³/mol. The van der Waals surface area contributed by atoms with E-state index in [9.17, 15) is 4.79 Å². The molecule has 1 aromatic carbocycles. The maximum atomic E-state index is 12.2. The Labute approximate surface area is 143 Å². The van der Waals surface area contributed by atoms with Crippen molar-refractivity contribution in [3.05, 3.63) is 57.5 Å². The average Bonchev–Trinajstić information content (AvgIpc) is 3.14. The van der Waals surface area contributed by atoms with Crippen molar-refractivity contribution >= 4 is 28.9 Å². The normalized spacial score (nSPS) is 10.9. The number of thiophene rings is 1. The van der Waals surface area contributed by atoms with Gasteiger partial charge in [0.2, 0.25) is 0 Å². The van der Waals surface area contributed by atoms with Gasteiger partial charge in [-0.25, -0.2) is 0 Å². The quantitative estimate of drug-likeness (QED) is 0.514. The number of rotatable bonds is 5. The number of Topliss-reactive ketones (excluding diaryl/α,β-unsaturated/α-hetero) is 1. The molecule has 0 saturated carbocycles. The van der Waals surface area contributed by atoms with Gasteiger partial charge in [0, 0.05) is 4.88 Å². The minimum Gasteiger partial charge on any atom is -0.292 e. The Kier molecular flexibility index (Phi) is 4.63. The molecule has 0 aliphatic heterocycles. The number of aryl methyl sites for hydroxylation is 3. The maximum Gasteiger partial charge on any atom is 0.196 e. The molecule has 0 N–H and O–H groups in total. The maximum absolute atomic E-state index is 12.2. The summed E-state index contributed by atoms with van der Waals surface area (Å²) in [6.07, 6.45) is 1.69. The van der Waals surface area contributed by atoms with Gasteiger partial charge in [0.25, 0.3) is 0 Å². The first kappa shape index (κ1) is 16.0. The van der Waals surface area contributed by atoms with Crippen LogP contribution in [0.1, 0.15) is 25.7 Å². The molecule has 0 amide bonds. The fourth-order valence-corrected chi connectivity index (χ4v) is 4.05. The smallest absolute Gasteiger partial charge is 0.196 e. The third-order valence-corrected chi connectivity index (χ3v) is 5.46. The van der Waals surface area contributed by atoms with Gasteiger partial charge in [0.1, 0.15) is 6.33 Å². The second kappa shape index (κ2) is 6.68. The summed E-state index contributed by atoms with van der Waals surface area (Å²) in [6, 6.07) is 10.1. The van der Waals surface area contributed by atoms with Crippen LogP contribution in [0.15, 0.2) is 41.8 Å². The van der Waals surface area contributed by atoms with Crippen LogP contribution in [-0.2, 0) is 0 Å². The monoisotopic (exact) mass is 343 g/mol. The lowest BCUT2D eigenvalue weighted by Crippen LogP contribution is -2.03. The molecular formula is C17H17N3OS2. The summed E-state index contributed by atoms with van der Waals surface area (Å²) in [5.74, 6) is 0.493. The van der Waals surface area contributed by atoms with Crippen LogP contribution in [0.25, 0.3) is 5.69 Å². The Morgan fingerprint density at radius 1 is 1.22 bits per heavy atom. The zero-order chi connectivity index (χ0) is 16.4. The first-order valence-corrected chi connectivity index (χ1v) is 9.05. The second-order valence-electron chi connectivity index (χ2n) is 5.40. The highest BCUT2D eigenvalue weighted by Gasteiger charge is 2.13. The predicted octanol–water partition coefficient (Wildman–Crippen LogP) is 4.23. The van der Waals surface area contributed by atoms with E-state index >= 15 is 0 Å². The Morgan fingerprint density at radius 3 is 2.74 bits per heavy atom. The van der Waals surface area contributed by atoms with Gasteiger partial charge in [-0.3, -0.25) is 9.36 Å². The number of thioether (sulfide) groups is 1. The topological polar surface area (TPSA) is 47.8 Å². The molecule has 0 aliphatic rings. The van der Waals surface area contributed by atoms with E-state index in [0.29, 0.717) is 5.75 Å². The molecule has 0 atom stereocenters. The second-order valence-corrected chi connectivity index (χ2v) is 7.63. The van der Waals surface area contributed by atoms with Crippen molar-refractivity contribution in [2.45, 2.75) is 25.9 Å². The van der Waals surface area contributed by atoms with Crippen molar-refractivity contribution < 1.29 is 4.79 Å². The van der Waals surface area contributed by atoms with E-state index in [2.05, 4.69) is 42.2 Å². The van der Waals surface area contributed by atoms with Gasteiger partial charge >= 0.3 is 0 Å². The van der Waals surface area contributed by atoms with Crippen LogP contribution in [0.2, 0.25) is 0 Å². The minimum atomic E-state index is 0.128. The lowest BCUT2D eigenvalue weighted by Gasteiger charge is -2.09. The SMILES string of the molecule is Cc1ccc(-n2cnnc2SCC(=O)c2ccc(C)s2)c(C)c1. The number of carbonyl (C=O) groups excluding carboxylic acids is 1. The van der Waals surface area contributed by atoms with Crippen LogP contribution < -0.4 is 0 Å². The highest BCUT2D eigenvalue weighted by molar-refractivity contribution is 7.99. The third-order valence-electron chi connectivity index (χ3n) is 3.48. The van der Waals surface area contributed by atoms with Crippen molar-refractivity contribution in [1.29, 1.82) is 0 Å². The zero-order valence-corrected chi connectivity index (χ0v) is 14.9. The van der Waals surface area contributed by atoms with Crippen LogP contribution in [0.3, 0.4) is 0 Å². The van der Waals surface area contributed by atoms with Gasteiger partial charge in [-0.2, -0.15) is 0 Å². The van der Waals surface area contributed by atoms with Crippen molar-refractivity contribution in [2.75, 3.05) is 5.75 Å². The van der Waals surface area contributed by atoms with Crippen molar-refractivity contribution in [3.8, 4) is 5.69 Å². The fraction of sp³-hybridized carbons (Fsp3) is 0.235. The first-order valence-electron chi connectivity index (χ1n) is 7.24. The summed E-state index contributed by atoms with van der Waals surface area (Å²) in [5.41, 5.74) is 3.42. The summed E-state index contributed by atoms with van der Waals surface area (Å²) >= 11 is 2.95. The summed E-state index contributed by atoms with van der Waals surface area (Å²) in [5, 5.41) is 8.89. The number of ketones is 1. The Balaban J connectivity index is 1.77. The largest absolute Gasteiger partial charge is 0.292 e. The van der Waals surface area contributed by atoms with Crippen molar-refractivity contribution in [3.63, 3.8) is 0 Å². The van der Waals surface area contributed by atoms with E-state index in [1.165, 1.54) is 28.7 Å². The molecule has 0 aliphatic carbocycles.